The summed E-state index contributed by atoms with van der Waals surface area (Å²) in [6.07, 6.45) is 2.01. The minimum Gasteiger partial charge on any atom is -0.384 e. The van der Waals surface area contributed by atoms with E-state index < -0.39 is 6.10 Å². The van der Waals surface area contributed by atoms with Crippen molar-refractivity contribution in [2.24, 2.45) is 0 Å². The van der Waals surface area contributed by atoms with Gasteiger partial charge in [-0.05, 0) is 29.3 Å². The molecule has 7 heteroatoms. The van der Waals surface area contributed by atoms with Gasteiger partial charge in [0.2, 0.25) is 0 Å². The zero-order valence-corrected chi connectivity index (χ0v) is 17.9. The Labute approximate surface area is 191 Å². The van der Waals surface area contributed by atoms with E-state index in [1.54, 1.807) is 30.5 Å². The van der Waals surface area contributed by atoms with Crippen molar-refractivity contribution < 1.29 is 14.7 Å². The summed E-state index contributed by atoms with van der Waals surface area (Å²) in [5, 5.41) is 23.8. The van der Waals surface area contributed by atoms with Crippen molar-refractivity contribution in [1.29, 1.82) is 0 Å². The SMILES string of the molecule is O=CCc1ccc(NC(=O)c2[nH]ncc2CNc2ccccc2C(O)c2ccccc2)cc1. The number of hydrogen-bond acceptors (Lipinski definition) is 5. The Morgan fingerprint density at radius 1 is 1.00 bits per heavy atom. The summed E-state index contributed by atoms with van der Waals surface area (Å²) < 4.78 is 0. The van der Waals surface area contributed by atoms with Crippen molar-refractivity contribution in [1.82, 2.24) is 10.2 Å². The lowest BCUT2D eigenvalue weighted by Crippen LogP contribution is -2.16. The number of aromatic amines is 1. The van der Waals surface area contributed by atoms with Crippen molar-refractivity contribution >= 4 is 23.6 Å². The molecule has 0 aliphatic heterocycles. The highest BCUT2D eigenvalue weighted by Gasteiger charge is 2.17. The molecule has 3 aromatic carbocycles. The van der Waals surface area contributed by atoms with Crippen molar-refractivity contribution in [3.63, 3.8) is 0 Å². The highest BCUT2D eigenvalue weighted by Crippen LogP contribution is 2.28. The number of aliphatic hydroxyl groups is 1. The van der Waals surface area contributed by atoms with Gasteiger partial charge in [-0.3, -0.25) is 9.89 Å². The van der Waals surface area contributed by atoms with E-state index >= 15 is 0 Å². The Hall–Kier alpha value is -4.23. The van der Waals surface area contributed by atoms with Crippen LogP contribution in [0.25, 0.3) is 0 Å². The number of aldehydes is 1. The maximum absolute atomic E-state index is 12.8. The van der Waals surface area contributed by atoms with Crippen LogP contribution in [-0.4, -0.2) is 27.5 Å². The zero-order valence-electron chi connectivity index (χ0n) is 17.9. The van der Waals surface area contributed by atoms with E-state index in [1.165, 1.54) is 0 Å². The lowest BCUT2D eigenvalue weighted by Gasteiger charge is -2.17. The maximum atomic E-state index is 12.8. The highest BCUT2D eigenvalue weighted by molar-refractivity contribution is 6.03. The fourth-order valence-corrected chi connectivity index (χ4v) is 3.56. The molecule has 0 aliphatic rings. The number of aromatic nitrogens is 2. The molecule has 166 valence electrons. The molecule has 0 saturated carbocycles. The third-order valence-electron chi connectivity index (χ3n) is 5.32. The molecule has 1 amide bonds. The Kier molecular flexibility index (Phi) is 6.92. The summed E-state index contributed by atoms with van der Waals surface area (Å²) >= 11 is 0. The first-order valence-corrected chi connectivity index (χ1v) is 10.6. The first-order chi connectivity index (χ1) is 16.2. The van der Waals surface area contributed by atoms with Gasteiger partial charge < -0.3 is 20.5 Å². The Morgan fingerprint density at radius 3 is 2.48 bits per heavy atom. The van der Waals surface area contributed by atoms with Crippen LogP contribution in [0.2, 0.25) is 0 Å². The fraction of sp³-hybridized carbons (Fsp3) is 0.115. The predicted molar refractivity (Wildman–Crippen MR) is 127 cm³/mol. The molecule has 0 spiro atoms. The second kappa shape index (κ2) is 10.4. The second-order valence-corrected chi connectivity index (χ2v) is 7.55. The summed E-state index contributed by atoms with van der Waals surface area (Å²) in [7, 11) is 0. The molecule has 1 heterocycles. The van der Waals surface area contributed by atoms with Gasteiger partial charge in [0, 0.05) is 35.5 Å². The van der Waals surface area contributed by atoms with E-state index in [1.807, 2.05) is 54.6 Å². The van der Waals surface area contributed by atoms with E-state index in [2.05, 4.69) is 20.8 Å². The lowest BCUT2D eigenvalue weighted by atomic mass is 10.00. The average molecular weight is 441 g/mol. The average Bonchev–Trinajstić information content (AvgIpc) is 3.33. The number of carbonyl (C=O) groups is 2. The summed E-state index contributed by atoms with van der Waals surface area (Å²) in [5.74, 6) is -0.315. The Morgan fingerprint density at radius 2 is 1.73 bits per heavy atom. The van der Waals surface area contributed by atoms with Gasteiger partial charge >= 0.3 is 0 Å². The van der Waals surface area contributed by atoms with Gasteiger partial charge in [-0.2, -0.15) is 5.10 Å². The smallest absolute Gasteiger partial charge is 0.274 e. The minimum atomic E-state index is -0.774. The highest BCUT2D eigenvalue weighted by atomic mass is 16.3. The van der Waals surface area contributed by atoms with E-state index in [0.29, 0.717) is 29.9 Å². The topological polar surface area (TPSA) is 107 Å². The summed E-state index contributed by atoms with van der Waals surface area (Å²) in [4.78, 5) is 23.4. The predicted octanol–water partition coefficient (Wildman–Crippen LogP) is 4.10. The van der Waals surface area contributed by atoms with Gasteiger partial charge in [0.15, 0.2) is 0 Å². The second-order valence-electron chi connectivity index (χ2n) is 7.55. The molecule has 0 fully saturated rings. The Bertz CT molecular complexity index is 1220. The fourth-order valence-electron chi connectivity index (χ4n) is 3.56. The van der Waals surface area contributed by atoms with Crippen LogP contribution in [0.15, 0.2) is 85.1 Å². The van der Waals surface area contributed by atoms with Crippen molar-refractivity contribution in [2.45, 2.75) is 19.1 Å². The van der Waals surface area contributed by atoms with Crippen LogP contribution in [0.5, 0.6) is 0 Å². The van der Waals surface area contributed by atoms with Gasteiger partial charge in [0.1, 0.15) is 18.1 Å². The minimum absolute atomic E-state index is 0.315. The summed E-state index contributed by atoms with van der Waals surface area (Å²) in [6.45, 7) is 0.343. The van der Waals surface area contributed by atoms with Crippen molar-refractivity contribution in [3.8, 4) is 0 Å². The van der Waals surface area contributed by atoms with Gasteiger partial charge in [-0.25, -0.2) is 0 Å². The summed E-state index contributed by atoms with van der Waals surface area (Å²) in [5.41, 5.74) is 4.86. The quantitative estimate of drug-likeness (QED) is 0.293. The van der Waals surface area contributed by atoms with Crippen LogP contribution in [0.4, 0.5) is 11.4 Å². The lowest BCUT2D eigenvalue weighted by molar-refractivity contribution is -0.107. The van der Waals surface area contributed by atoms with Crippen LogP contribution >= 0.6 is 0 Å². The number of rotatable bonds is 9. The molecule has 0 aliphatic carbocycles. The molecule has 0 bridgehead atoms. The molecular weight excluding hydrogens is 416 g/mol. The van der Waals surface area contributed by atoms with Crippen molar-refractivity contribution in [2.75, 3.05) is 10.6 Å². The van der Waals surface area contributed by atoms with Crippen molar-refractivity contribution in [3.05, 3.63) is 113 Å². The van der Waals surface area contributed by atoms with Crippen LogP contribution in [0.3, 0.4) is 0 Å². The molecular formula is C26H24N4O3. The molecule has 1 aromatic heterocycles. The monoisotopic (exact) mass is 440 g/mol. The van der Waals surface area contributed by atoms with E-state index in [4.69, 9.17) is 0 Å². The number of carbonyl (C=O) groups excluding carboxylic acids is 2. The normalized spacial score (nSPS) is 11.5. The van der Waals surface area contributed by atoms with Crippen LogP contribution < -0.4 is 10.6 Å². The van der Waals surface area contributed by atoms with Gasteiger partial charge in [0.25, 0.3) is 5.91 Å². The number of nitrogens with one attached hydrogen (secondary N) is 3. The molecule has 33 heavy (non-hydrogen) atoms. The van der Waals surface area contributed by atoms with Gasteiger partial charge in [0.05, 0.1) is 6.20 Å². The van der Waals surface area contributed by atoms with Gasteiger partial charge in [-0.1, -0.05) is 60.7 Å². The Balaban J connectivity index is 1.45. The third-order valence-corrected chi connectivity index (χ3v) is 5.32. The molecule has 1 unspecified atom stereocenters. The van der Waals surface area contributed by atoms with Crippen LogP contribution in [0, 0.1) is 0 Å². The van der Waals surface area contributed by atoms with Gasteiger partial charge in [-0.15, -0.1) is 0 Å². The number of nitrogens with zero attached hydrogens (tertiary/aromatic N) is 1. The molecule has 0 radical (unpaired) electrons. The van der Waals surface area contributed by atoms with E-state index in [9.17, 15) is 14.7 Å². The number of hydrogen-bond donors (Lipinski definition) is 4. The number of anilines is 2. The molecule has 7 nitrogen and oxygen atoms in total. The first kappa shape index (κ1) is 22.0. The number of H-pyrrole nitrogens is 1. The van der Waals surface area contributed by atoms with E-state index in [-0.39, 0.29) is 5.91 Å². The number of benzene rings is 3. The number of para-hydroxylation sites is 1. The van der Waals surface area contributed by atoms with E-state index in [0.717, 1.165) is 28.7 Å². The molecule has 0 saturated heterocycles. The standard InChI is InChI=1S/C26H24N4O3/c31-15-14-18-10-12-21(13-11-18)29-26(33)24-20(17-28-30-24)16-27-23-9-5-4-8-22(23)25(32)19-6-2-1-3-7-19/h1-13,15,17,25,27,32H,14,16H2,(H,28,30)(H,29,33). The maximum Gasteiger partial charge on any atom is 0.274 e. The number of aliphatic hydroxyl groups excluding tert-OH is 1. The number of amides is 1. The molecule has 4 rings (SSSR count). The zero-order chi connectivity index (χ0) is 23.0. The van der Waals surface area contributed by atoms with Crippen LogP contribution in [0.1, 0.15) is 38.8 Å². The largest absolute Gasteiger partial charge is 0.384 e. The molecule has 1 atom stereocenters. The van der Waals surface area contributed by atoms with Crippen LogP contribution in [-0.2, 0) is 17.8 Å². The first-order valence-electron chi connectivity index (χ1n) is 10.6. The molecule has 4 aromatic rings. The molecule has 4 N–H and O–H groups in total. The third kappa shape index (κ3) is 5.34. The summed E-state index contributed by atoms with van der Waals surface area (Å²) in [6, 6.07) is 24.1.